The normalized spacial score (nSPS) is 12.1. The predicted octanol–water partition coefficient (Wildman–Crippen LogP) is 3.96. The van der Waals surface area contributed by atoms with Gasteiger partial charge in [0.25, 0.3) is 0 Å². The number of alkyl halides is 1. The van der Waals surface area contributed by atoms with Crippen LogP contribution in [0.5, 0.6) is 0 Å². The molecular formula is C8H13ClF2. The van der Waals surface area contributed by atoms with Crippen LogP contribution in [-0.4, -0.2) is 6.67 Å². The number of hydrogen-bond acceptors (Lipinski definition) is 0. The highest BCUT2D eigenvalue weighted by Crippen LogP contribution is 2.13. The van der Waals surface area contributed by atoms with E-state index in [4.69, 9.17) is 11.6 Å². The molecule has 0 bridgehead atoms. The first-order chi connectivity index (χ1) is 5.31. The van der Waals surface area contributed by atoms with Crippen LogP contribution in [-0.2, 0) is 0 Å². The summed E-state index contributed by atoms with van der Waals surface area (Å²) in [7, 11) is 0. The second-order valence-corrected chi connectivity index (χ2v) is 2.89. The molecule has 0 aliphatic heterocycles. The van der Waals surface area contributed by atoms with E-state index in [9.17, 15) is 8.78 Å². The predicted molar refractivity (Wildman–Crippen MR) is 44.1 cm³/mol. The molecule has 0 aromatic rings. The third-order valence-corrected chi connectivity index (χ3v) is 1.69. The summed E-state index contributed by atoms with van der Waals surface area (Å²) in [5, 5.41) is 0.255. The summed E-state index contributed by atoms with van der Waals surface area (Å²) >= 11 is 5.39. The van der Waals surface area contributed by atoms with Crippen molar-refractivity contribution in [1.82, 2.24) is 0 Å². The first-order valence-corrected chi connectivity index (χ1v) is 4.19. The number of allylic oxidation sites excluding steroid dienone is 1. The maximum atomic E-state index is 11.6. The van der Waals surface area contributed by atoms with Crippen molar-refractivity contribution in [1.29, 1.82) is 0 Å². The van der Waals surface area contributed by atoms with Gasteiger partial charge in [-0.2, -0.15) is 0 Å². The maximum absolute atomic E-state index is 11.6. The lowest BCUT2D eigenvalue weighted by atomic mass is 10.1. The summed E-state index contributed by atoms with van der Waals surface area (Å²) in [6.45, 7) is -0.257. The Morgan fingerprint density at radius 2 is 1.82 bits per heavy atom. The Hall–Kier alpha value is -0.110. The Morgan fingerprint density at radius 3 is 2.36 bits per heavy atom. The van der Waals surface area contributed by atoms with E-state index in [-0.39, 0.29) is 11.7 Å². The molecule has 0 aromatic carbocycles. The molecule has 0 saturated heterocycles. The van der Waals surface area contributed by atoms with Gasteiger partial charge in [0.2, 0.25) is 0 Å². The fraction of sp³-hybridized carbons (Fsp3) is 0.750. The van der Waals surface area contributed by atoms with Gasteiger partial charge in [0, 0.05) is 5.03 Å². The highest BCUT2D eigenvalue weighted by atomic mass is 35.5. The summed E-state index contributed by atoms with van der Waals surface area (Å²) < 4.78 is 23.2. The summed E-state index contributed by atoms with van der Waals surface area (Å²) in [5.41, 5.74) is 0. The van der Waals surface area contributed by atoms with Crippen LogP contribution in [0.2, 0.25) is 0 Å². The van der Waals surface area contributed by atoms with Gasteiger partial charge in [0.1, 0.15) is 6.33 Å². The van der Waals surface area contributed by atoms with Crippen LogP contribution in [0.15, 0.2) is 11.4 Å². The third-order valence-electron chi connectivity index (χ3n) is 1.42. The van der Waals surface area contributed by atoms with Crippen LogP contribution in [0.25, 0.3) is 0 Å². The Bertz CT molecular complexity index is 113. The van der Waals surface area contributed by atoms with Gasteiger partial charge in [-0.1, -0.05) is 24.4 Å². The van der Waals surface area contributed by atoms with Crippen molar-refractivity contribution in [3.05, 3.63) is 11.4 Å². The van der Waals surface area contributed by atoms with Gasteiger partial charge < -0.3 is 0 Å². The molecule has 0 amide bonds. The first kappa shape index (κ1) is 10.9. The van der Waals surface area contributed by atoms with E-state index in [0.717, 1.165) is 19.3 Å². The molecule has 66 valence electrons. The standard InChI is InChI=1S/C8H13ClF2/c9-8(7-11)5-3-1-2-4-6-10/h7H,1-6H2. The molecule has 0 unspecified atom stereocenters. The fourth-order valence-electron chi connectivity index (χ4n) is 0.796. The van der Waals surface area contributed by atoms with Crippen molar-refractivity contribution in [2.24, 2.45) is 0 Å². The van der Waals surface area contributed by atoms with Crippen LogP contribution in [0.3, 0.4) is 0 Å². The molecular weight excluding hydrogens is 170 g/mol. The topological polar surface area (TPSA) is 0 Å². The number of hydrogen-bond donors (Lipinski definition) is 0. The molecule has 0 rings (SSSR count). The van der Waals surface area contributed by atoms with Crippen LogP contribution in [0.1, 0.15) is 32.1 Å². The van der Waals surface area contributed by atoms with Crippen LogP contribution < -0.4 is 0 Å². The first-order valence-electron chi connectivity index (χ1n) is 3.82. The molecule has 3 heteroatoms. The van der Waals surface area contributed by atoms with Crippen molar-refractivity contribution in [3.8, 4) is 0 Å². The van der Waals surface area contributed by atoms with Gasteiger partial charge in [-0.05, 0) is 19.3 Å². The molecule has 0 spiro atoms. The van der Waals surface area contributed by atoms with Crippen molar-refractivity contribution in [2.75, 3.05) is 6.67 Å². The number of halogens is 3. The molecule has 11 heavy (non-hydrogen) atoms. The van der Waals surface area contributed by atoms with E-state index in [1.165, 1.54) is 0 Å². The zero-order valence-corrected chi connectivity index (χ0v) is 7.21. The molecule has 0 N–H and O–H groups in total. The second kappa shape index (κ2) is 7.99. The SMILES string of the molecule is FC=C(Cl)CCCCCCF. The van der Waals surface area contributed by atoms with E-state index in [1.54, 1.807) is 0 Å². The van der Waals surface area contributed by atoms with Gasteiger partial charge in [0.05, 0.1) is 6.67 Å². The summed E-state index contributed by atoms with van der Waals surface area (Å²) in [4.78, 5) is 0. The minimum absolute atomic E-state index is 0.255. The summed E-state index contributed by atoms with van der Waals surface area (Å²) in [6.07, 6.45) is 4.23. The summed E-state index contributed by atoms with van der Waals surface area (Å²) in [5.74, 6) is 0. The van der Waals surface area contributed by atoms with E-state index in [2.05, 4.69) is 0 Å². The highest BCUT2D eigenvalue weighted by molar-refractivity contribution is 6.29. The Morgan fingerprint density at radius 1 is 1.18 bits per heavy atom. The fourth-order valence-corrected chi connectivity index (χ4v) is 0.930. The third kappa shape index (κ3) is 7.79. The minimum atomic E-state index is -0.257. The molecule has 0 nitrogen and oxygen atoms in total. The van der Waals surface area contributed by atoms with Gasteiger partial charge in [-0.25, -0.2) is 4.39 Å². The monoisotopic (exact) mass is 182 g/mol. The number of unbranched alkanes of at least 4 members (excludes halogenated alkanes) is 3. The Balaban J connectivity index is 3.02. The molecule has 0 aromatic heterocycles. The van der Waals surface area contributed by atoms with Crippen molar-refractivity contribution < 1.29 is 8.78 Å². The molecule has 0 atom stereocenters. The minimum Gasteiger partial charge on any atom is -0.251 e. The number of rotatable bonds is 6. The smallest absolute Gasteiger partial charge is 0.101 e. The van der Waals surface area contributed by atoms with E-state index in [0.29, 0.717) is 19.2 Å². The van der Waals surface area contributed by atoms with E-state index in [1.807, 2.05) is 0 Å². The van der Waals surface area contributed by atoms with Crippen LogP contribution in [0.4, 0.5) is 8.78 Å². The summed E-state index contributed by atoms with van der Waals surface area (Å²) in [6, 6.07) is 0. The molecule has 0 fully saturated rings. The average molecular weight is 183 g/mol. The Kier molecular flexibility index (Phi) is 7.91. The van der Waals surface area contributed by atoms with Crippen molar-refractivity contribution in [2.45, 2.75) is 32.1 Å². The second-order valence-electron chi connectivity index (χ2n) is 2.41. The van der Waals surface area contributed by atoms with Gasteiger partial charge >= 0.3 is 0 Å². The Labute approximate surface area is 71.2 Å². The average Bonchev–Trinajstić information content (AvgIpc) is 2.04. The van der Waals surface area contributed by atoms with Crippen molar-refractivity contribution >= 4 is 11.6 Å². The van der Waals surface area contributed by atoms with Gasteiger partial charge in [0.15, 0.2) is 0 Å². The molecule has 0 saturated carbocycles. The molecule has 0 aliphatic carbocycles. The van der Waals surface area contributed by atoms with E-state index >= 15 is 0 Å². The maximum Gasteiger partial charge on any atom is 0.101 e. The van der Waals surface area contributed by atoms with Gasteiger partial charge in [-0.3, -0.25) is 4.39 Å². The van der Waals surface area contributed by atoms with Crippen molar-refractivity contribution in [3.63, 3.8) is 0 Å². The zero-order chi connectivity index (χ0) is 8.53. The lowest BCUT2D eigenvalue weighted by Crippen LogP contribution is -1.80. The van der Waals surface area contributed by atoms with Crippen LogP contribution in [0, 0.1) is 0 Å². The van der Waals surface area contributed by atoms with Gasteiger partial charge in [-0.15, -0.1) is 0 Å². The quantitative estimate of drug-likeness (QED) is 0.546. The highest BCUT2D eigenvalue weighted by Gasteiger charge is 1.93. The molecule has 0 aliphatic rings. The molecule has 0 radical (unpaired) electrons. The largest absolute Gasteiger partial charge is 0.251 e. The van der Waals surface area contributed by atoms with Crippen LogP contribution >= 0.6 is 11.6 Å². The molecule has 0 heterocycles. The lowest BCUT2D eigenvalue weighted by Gasteiger charge is -1.96. The van der Waals surface area contributed by atoms with E-state index < -0.39 is 0 Å². The lowest BCUT2D eigenvalue weighted by molar-refractivity contribution is 0.453. The zero-order valence-electron chi connectivity index (χ0n) is 6.45.